The van der Waals surface area contributed by atoms with Crippen LogP contribution in [0.15, 0.2) is 24.3 Å². The van der Waals surface area contributed by atoms with E-state index in [9.17, 15) is 24.3 Å². The first-order valence-corrected chi connectivity index (χ1v) is 12.6. The van der Waals surface area contributed by atoms with Crippen LogP contribution < -0.4 is 16.4 Å². The van der Waals surface area contributed by atoms with Crippen LogP contribution in [-0.4, -0.2) is 58.1 Å². The molecule has 36 heavy (non-hydrogen) atoms. The Morgan fingerprint density at radius 3 is 2.33 bits per heavy atom. The molecule has 1 aromatic carbocycles. The molecule has 4 amide bonds. The van der Waals surface area contributed by atoms with Crippen molar-refractivity contribution < 1.29 is 29.0 Å². The topological polar surface area (TPSA) is 151 Å². The van der Waals surface area contributed by atoms with Crippen LogP contribution in [0.4, 0.5) is 4.79 Å². The van der Waals surface area contributed by atoms with Gasteiger partial charge < -0.3 is 31.1 Å². The van der Waals surface area contributed by atoms with Crippen LogP contribution >= 0.6 is 0 Å². The third kappa shape index (κ3) is 8.73. The van der Waals surface area contributed by atoms with Crippen molar-refractivity contribution in [1.82, 2.24) is 15.5 Å². The molecule has 1 aliphatic carbocycles. The van der Waals surface area contributed by atoms with Crippen LogP contribution in [0.1, 0.15) is 84.2 Å². The van der Waals surface area contributed by atoms with Crippen molar-refractivity contribution in [2.24, 2.45) is 5.73 Å². The van der Waals surface area contributed by atoms with Gasteiger partial charge in [0.05, 0.1) is 0 Å². The number of nitrogens with two attached hydrogens (primary N) is 1. The van der Waals surface area contributed by atoms with Crippen molar-refractivity contribution in [1.29, 1.82) is 0 Å². The van der Waals surface area contributed by atoms with Crippen LogP contribution in [0, 0.1) is 0 Å². The van der Waals surface area contributed by atoms with Crippen molar-refractivity contribution in [3.63, 3.8) is 0 Å². The van der Waals surface area contributed by atoms with Crippen LogP contribution in [-0.2, 0) is 19.1 Å². The Balaban J connectivity index is 2.38. The van der Waals surface area contributed by atoms with E-state index in [-0.39, 0.29) is 36.7 Å². The minimum absolute atomic E-state index is 0.0149. The number of phenols is 1. The molecule has 10 heteroatoms. The predicted octanol–water partition coefficient (Wildman–Crippen LogP) is 2.89. The molecule has 0 aliphatic heterocycles. The third-order valence-corrected chi connectivity index (χ3v) is 6.04. The van der Waals surface area contributed by atoms with Gasteiger partial charge in [-0.25, -0.2) is 4.79 Å². The molecule has 0 spiro atoms. The second-order valence-electron chi connectivity index (χ2n) is 10.1. The van der Waals surface area contributed by atoms with E-state index in [0.29, 0.717) is 0 Å². The van der Waals surface area contributed by atoms with Gasteiger partial charge in [-0.05, 0) is 53.0 Å². The summed E-state index contributed by atoms with van der Waals surface area (Å²) in [5.74, 6) is -1.75. The first-order valence-electron chi connectivity index (χ1n) is 12.6. The largest absolute Gasteiger partial charge is 0.508 e. The monoisotopic (exact) mass is 504 g/mol. The summed E-state index contributed by atoms with van der Waals surface area (Å²) in [5.41, 5.74) is 4.77. The summed E-state index contributed by atoms with van der Waals surface area (Å²) >= 11 is 0. The Kier molecular flexibility index (Phi) is 10.6. The van der Waals surface area contributed by atoms with Gasteiger partial charge in [-0.1, -0.05) is 37.5 Å². The highest BCUT2D eigenvalue weighted by Crippen LogP contribution is 2.30. The number of hydrogen-bond donors (Lipinski definition) is 4. The Morgan fingerprint density at radius 1 is 1.14 bits per heavy atom. The number of carbonyl (C=O) groups is 4. The molecule has 10 nitrogen and oxygen atoms in total. The number of hydrogen-bond acceptors (Lipinski definition) is 6. The fraction of sp³-hybridized carbons (Fsp3) is 0.615. The normalized spacial score (nSPS) is 15.9. The summed E-state index contributed by atoms with van der Waals surface area (Å²) in [6.07, 6.45) is 3.79. The number of amides is 4. The first kappa shape index (κ1) is 28.9. The molecular weight excluding hydrogens is 464 g/mol. The molecule has 2 rings (SSSR count). The Hall–Kier alpha value is -3.30. The van der Waals surface area contributed by atoms with Gasteiger partial charge in [-0.2, -0.15) is 0 Å². The predicted molar refractivity (Wildman–Crippen MR) is 135 cm³/mol. The minimum Gasteiger partial charge on any atom is -0.508 e. The van der Waals surface area contributed by atoms with Gasteiger partial charge >= 0.3 is 6.09 Å². The second-order valence-corrected chi connectivity index (χ2v) is 10.1. The third-order valence-electron chi connectivity index (χ3n) is 6.04. The van der Waals surface area contributed by atoms with E-state index < -0.39 is 41.5 Å². The molecule has 1 saturated carbocycles. The lowest BCUT2D eigenvalue weighted by Gasteiger charge is -2.35. The lowest BCUT2D eigenvalue weighted by atomic mass is 9.94. The van der Waals surface area contributed by atoms with E-state index in [0.717, 1.165) is 32.1 Å². The number of nitrogens with one attached hydrogen (secondary N) is 2. The molecule has 200 valence electrons. The standard InChI is InChI=1S/C26H40N4O6/c1-5-30(24(34)19(15-16-21(27)32)29-25(35)36-26(2,3)4)22(18-13-9-10-14-20(18)31)23(33)28-17-11-7-6-8-12-17/h9-10,13-14,17,19,22,31H,5-8,11-12,15-16H2,1-4H3,(H2,27,32)(H,28,33)(H,29,35). The lowest BCUT2D eigenvalue weighted by molar-refractivity contribution is -0.143. The molecule has 2 unspecified atom stereocenters. The summed E-state index contributed by atoms with van der Waals surface area (Å²) in [4.78, 5) is 52.6. The molecule has 1 aromatic rings. The molecule has 5 N–H and O–H groups in total. The van der Waals surface area contributed by atoms with Gasteiger partial charge in [0.2, 0.25) is 17.7 Å². The summed E-state index contributed by atoms with van der Waals surface area (Å²) in [6, 6.07) is 4.04. The van der Waals surface area contributed by atoms with Gasteiger partial charge in [-0.3, -0.25) is 14.4 Å². The number of benzene rings is 1. The zero-order chi connectivity index (χ0) is 26.9. The first-order chi connectivity index (χ1) is 16.9. The molecule has 0 saturated heterocycles. The highest BCUT2D eigenvalue weighted by atomic mass is 16.6. The number of nitrogens with zero attached hydrogens (tertiary/aromatic N) is 1. The maximum atomic E-state index is 13.8. The zero-order valence-electron chi connectivity index (χ0n) is 21.7. The summed E-state index contributed by atoms with van der Waals surface area (Å²) < 4.78 is 5.29. The van der Waals surface area contributed by atoms with Crippen LogP contribution in [0.2, 0.25) is 0 Å². The highest BCUT2D eigenvalue weighted by molar-refractivity contribution is 5.93. The van der Waals surface area contributed by atoms with E-state index >= 15 is 0 Å². The number of alkyl carbamates (subject to hydrolysis) is 1. The van der Waals surface area contributed by atoms with E-state index in [4.69, 9.17) is 10.5 Å². The van der Waals surface area contributed by atoms with Gasteiger partial charge in [0, 0.05) is 24.6 Å². The Labute approximate surface area is 212 Å². The molecule has 0 bridgehead atoms. The molecular formula is C26H40N4O6. The van der Waals surface area contributed by atoms with Gasteiger partial charge in [0.15, 0.2) is 0 Å². The fourth-order valence-corrected chi connectivity index (χ4v) is 4.36. The van der Waals surface area contributed by atoms with E-state index in [1.54, 1.807) is 45.9 Å². The summed E-state index contributed by atoms with van der Waals surface area (Å²) in [7, 11) is 0. The van der Waals surface area contributed by atoms with E-state index in [2.05, 4.69) is 10.6 Å². The number of phenolic OH excluding ortho intramolecular Hbond substituents is 1. The van der Waals surface area contributed by atoms with Crippen molar-refractivity contribution >= 4 is 23.8 Å². The highest BCUT2D eigenvalue weighted by Gasteiger charge is 2.37. The van der Waals surface area contributed by atoms with Gasteiger partial charge in [-0.15, -0.1) is 0 Å². The van der Waals surface area contributed by atoms with E-state index in [1.807, 2.05) is 0 Å². The number of para-hydroxylation sites is 1. The average Bonchev–Trinajstić information content (AvgIpc) is 2.79. The van der Waals surface area contributed by atoms with Crippen molar-refractivity contribution in [3.05, 3.63) is 29.8 Å². The Morgan fingerprint density at radius 2 is 1.78 bits per heavy atom. The fourth-order valence-electron chi connectivity index (χ4n) is 4.36. The number of aromatic hydroxyl groups is 1. The van der Waals surface area contributed by atoms with Crippen molar-refractivity contribution in [3.8, 4) is 5.75 Å². The number of carbonyl (C=O) groups excluding carboxylic acids is 4. The maximum Gasteiger partial charge on any atom is 0.408 e. The van der Waals surface area contributed by atoms with Gasteiger partial charge in [0.1, 0.15) is 23.4 Å². The summed E-state index contributed by atoms with van der Waals surface area (Å²) in [6.45, 7) is 6.88. The zero-order valence-corrected chi connectivity index (χ0v) is 21.7. The van der Waals surface area contributed by atoms with Crippen LogP contribution in [0.3, 0.4) is 0 Å². The maximum absolute atomic E-state index is 13.8. The number of rotatable bonds is 10. The molecule has 2 atom stereocenters. The number of primary amides is 1. The van der Waals surface area contributed by atoms with E-state index in [1.165, 1.54) is 11.0 Å². The van der Waals surface area contributed by atoms with Gasteiger partial charge in [0.25, 0.3) is 0 Å². The smallest absolute Gasteiger partial charge is 0.408 e. The Bertz CT molecular complexity index is 923. The minimum atomic E-state index is -1.16. The van der Waals surface area contributed by atoms with Crippen molar-refractivity contribution in [2.45, 2.75) is 96.4 Å². The van der Waals surface area contributed by atoms with Crippen molar-refractivity contribution in [2.75, 3.05) is 6.54 Å². The molecule has 1 fully saturated rings. The quantitative estimate of drug-likeness (QED) is 0.385. The second kappa shape index (κ2) is 13.1. The molecule has 0 heterocycles. The average molecular weight is 505 g/mol. The SMILES string of the molecule is CCN(C(=O)C(CCC(N)=O)NC(=O)OC(C)(C)C)C(C(=O)NC1CCCCC1)c1ccccc1O. The lowest BCUT2D eigenvalue weighted by Crippen LogP contribution is -2.54. The van der Waals surface area contributed by atoms with Crippen LogP contribution in [0.25, 0.3) is 0 Å². The number of ether oxygens (including phenoxy) is 1. The molecule has 1 aliphatic rings. The molecule has 0 aromatic heterocycles. The van der Waals surface area contributed by atoms with Crippen LogP contribution in [0.5, 0.6) is 5.75 Å². The summed E-state index contributed by atoms with van der Waals surface area (Å²) in [5, 5.41) is 16.2. The number of likely N-dealkylation sites (N-methyl/N-ethyl adjacent to an activating group) is 1. The molecule has 0 radical (unpaired) electrons.